The molecular formula is C34H26N6O6. The van der Waals surface area contributed by atoms with Gasteiger partial charge in [-0.25, -0.2) is 9.59 Å². The van der Waals surface area contributed by atoms with Gasteiger partial charge in [0.2, 0.25) is 0 Å². The predicted molar refractivity (Wildman–Crippen MR) is 176 cm³/mol. The van der Waals surface area contributed by atoms with Crippen LogP contribution in [0.4, 0.5) is 11.4 Å². The molecule has 0 radical (unpaired) electrons. The molecule has 0 fully saturated rings. The van der Waals surface area contributed by atoms with E-state index in [1.165, 1.54) is 15.2 Å². The molecular weight excluding hydrogens is 588 g/mol. The van der Waals surface area contributed by atoms with Crippen molar-refractivity contribution in [2.45, 2.75) is 13.8 Å². The average Bonchev–Trinajstić information content (AvgIpc) is 3.55. The SMILES string of the molecule is CC.O=c1n(-c2ccccc2)c2ccccc2n1-c1cc(-n2c(=O)n(-c3ccccc3)c3ccccc32)c([N+](=O)[O-])cc1[N+](=O)[O-]. The van der Waals surface area contributed by atoms with Gasteiger partial charge in [-0.2, -0.15) is 0 Å². The second kappa shape index (κ2) is 11.8. The quantitative estimate of drug-likeness (QED) is 0.150. The Hall–Kier alpha value is -6.56. The first-order valence-electron chi connectivity index (χ1n) is 14.4. The maximum atomic E-state index is 14.1. The standard InChI is InChI=1S/C32H20N6O6.C2H6/c39-31-33(21-11-3-1-4-12-21)23-15-7-9-17-25(23)35(31)27-19-28(30(38(43)44)20-29(27)37(41)42)36-26-18-10-8-16-24(26)34(32(36)40)22-13-5-2-6-14-22;1-2/h1-20H;1-2H3. The number of benzene rings is 5. The topological polar surface area (TPSA) is 140 Å². The number of nitro benzene ring substituents is 2. The van der Waals surface area contributed by atoms with Gasteiger partial charge in [-0.05, 0) is 48.5 Å². The summed E-state index contributed by atoms with van der Waals surface area (Å²) in [6, 6.07) is 33.0. The lowest BCUT2D eigenvalue weighted by Crippen LogP contribution is -2.25. The normalized spacial score (nSPS) is 10.9. The number of hydrogen-bond donors (Lipinski definition) is 0. The van der Waals surface area contributed by atoms with Crippen molar-refractivity contribution in [3.8, 4) is 22.7 Å². The van der Waals surface area contributed by atoms with Gasteiger partial charge in [0, 0.05) is 6.07 Å². The van der Waals surface area contributed by atoms with E-state index < -0.39 is 32.6 Å². The van der Waals surface area contributed by atoms with Gasteiger partial charge in [0.15, 0.2) is 0 Å². The minimum Gasteiger partial charge on any atom is -0.260 e. The Morgan fingerprint density at radius 3 is 1.09 bits per heavy atom. The molecule has 7 aromatic rings. The van der Waals surface area contributed by atoms with Gasteiger partial charge in [0.05, 0.1) is 49.4 Å². The number of nitro groups is 2. The molecule has 2 aromatic heterocycles. The maximum Gasteiger partial charge on any atom is 0.338 e. The third-order valence-electron chi connectivity index (χ3n) is 7.47. The highest BCUT2D eigenvalue weighted by Gasteiger charge is 2.31. The summed E-state index contributed by atoms with van der Waals surface area (Å²) in [7, 11) is 0. The highest BCUT2D eigenvalue weighted by molar-refractivity contribution is 5.84. The summed E-state index contributed by atoms with van der Waals surface area (Å²) < 4.78 is 5.12. The molecule has 7 rings (SSSR count). The fourth-order valence-corrected chi connectivity index (χ4v) is 5.62. The van der Waals surface area contributed by atoms with Crippen LogP contribution in [0.15, 0.2) is 131 Å². The van der Waals surface area contributed by atoms with Crippen molar-refractivity contribution in [3.05, 3.63) is 163 Å². The van der Waals surface area contributed by atoms with Crippen LogP contribution in [-0.4, -0.2) is 28.1 Å². The lowest BCUT2D eigenvalue weighted by molar-refractivity contribution is -0.393. The van der Waals surface area contributed by atoms with Crippen LogP contribution in [0.1, 0.15) is 13.8 Å². The smallest absolute Gasteiger partial charge is 0.260 e. The van der Waals surface area contributed by atoms with E-state index in [9.17, 15) is 29.8 Å². The minimum absolute atomic E-state index is 0.227. The summed E-state index contributed by atoms with van der Waals surface area (Å²) in [6.45, 7) is 4.00. The maximum absolute atomic E-state index is 14.1. The van der Waals surface area contributed by atoms with Crippen molar-refractivity contribution in [1.82, 2.24) is 18.3 Å². The molecule has 5 aromatic carbocycles. The summed E-state index contributed by atoms with van der Waals surface area (Å²) in [5.41, 5.74) is -0.378. The van der Waals surface area contributed by atoms with Crippen molar-refractivity contribution in [3.63, 3.8) is 0 Å². The Balaban J connectivity index is 0.00000182. The summed E-state index contributed by atoms with van der Waals surface area (Å²) in [4.78, 5) is 51.4. The number of nitrogens with zero attached hydrogens (tertiary/aromatic N) is 6. The fourth-order valence-electron chi connectivity index (χ4n) is 5.62. The summed E-state index contributed by atoms with van der Waals surface area (Å²) in [6.07, 6.45) is 0. The predicted octanol–water partition coefficient (Wildman–Crippen LogP) is 6.72. The summed E-state index contributed by atoms with van der Waals surface area (Å²) in [5, 5.41) is 24.8. The Labute approximate surface area is 260 Å². The van der Waals surface area contributed by atoms with Crippen LogP contribution in [0.5, 0.6) is 0 Å². The monoisotopic (exact) mass is 614 g/mol. The zero-order valence-corrected chi connectivity index (χ0v) is 24.7. The largest absolute Gasteiger partial charge is 0.338 e. The molecule has 0 aliphatic carbocycles. The first-order chi connectivity index (χ1) is 22.4. The van der Waals surface area contributed by atoms with E-state index in [1.54, 1.807) is 109 Å². The van der Waals surface area contributed by atoms with E-state index in [4.69, 9.17) is 0 Å². The van der Waals surface area contributed by atoms with Crippen molar-refractivity contribution in [2.24, 2.45) is 0 Å². The van der Waals surface area contributed by atoms with Crippen LogP contribution >= 0.6 is 0 Å². The number of rotatable bonds is 6. The van der Waals surface area contributed by atoms with Crippen LogP contribution in [-0.2, 0) is 0 Å². The first-order valence-corrected chi connectivity index (χ1v) is 14.4. The minimum atomic E-state index is -0.775. The van der Waals surface area contributed by atoms with E-state index in [2.05, 4.69) is 0 Å². The van der Waals surface area contributed by atoms with Crippen LogP contribution < -0.4 is 11.4 Å². The Bertz CT molecular complexity index is 2220. The first kappa shape index (κ1) is 29.5. The molecule has 0 aliphatic heterocycles. The van der Waals surface area contributed by atoms with Gasteiger partial charge in [-0.1, -0.05) is 74.5 Å². The van der Waals surface area contributed by atoms with Crippen LogP contribution in [0, 0.1) is 20.2 Å². The highest BCUT2D eigenvalue weighted by Crippen LogP contribution is 2.36. The Kier molecular flexibility index (Phi) is 7.60. The molecule has 12 nitrogen and oxygen atoms in total. The zero-order chi connectivity index (χ0) is 32.5. The van der Waals surface area contributed by atoms with Gasteiger partial charge in [0.25, 0.3) is 11.4 Å². The molecule has 0 bridgehead atoms. The molecule has 0 aliphatic rings. The zero-order valence-electron chi connectivity index (χ0n) is 24.7. The number of imidazole rings is 2. The van der Waals surface area contributed by atoms with E-state index in [-0.39, 0.29) is 11.4 Å². The van der Waals surface area contributed by atoms with Crippen molar-refractivity contribution >= 4 is 33.4 Å². The summed E-state index contributed by atoms with van der Waals surface area (Å²) >= 11 is 0. The van der Waals surface area contributed by atoms with Crippen LogP contribution in [0.2, 0.25) is 0 Å². The molecule has 228 valence electrons. The lowest BCUT2D eigenvalue weighted by Gasteiger charge is -2.10. The number of fused-ring (bicyclic) bond motifs is 2. The second-order valence-electron chi connectivity index (χ2n) is 9.90. The molecule has 0 atom stereocenters. The molecule has 2 heterocycles. The number of para-hydroxylation sites is 6. The average molecular weight is 615 g/mol. The Morgan fingerprint density at radius 1 is 0.457 bits per heavy atom. The molecule has 12 heteroatoms. The van der Waals surface area contributed by atoms with Gasteiger partial charge in [-0.15, -0.1) is 0 Å². The van der Waals surface area contributed by atoms with E-state index in [1.807, 2.05) is 13.8 Å². The van der Waals surface area contributed by atoms with E-state index in [0.717, 1.165) is 15.2 Å². The molecule has 0 N–H and O–H groups in total. The second-order valence-corrected chi connectivity index (χ2v) is 9.90. The van der Waals surface area contributed by atoms with Crippen LogP contribution in [0.25, 0.3) is 44.8 Å². The van der Waals surface area contributed by atoms with Crippen LogP contribution in [0.3, 0.4) is 0 Å². The van der Waals surface area contributed by atoms with Crippen molar-refractivity contribution in [2.75, 3.05) is 0 Å². The van der Waals surface area contributed by atoms with Gasteiger partial charge in [0.1, 0.15) is 11.4 Å². The Morgan fingerprint density at radius 2 is 0.761 bits per heavy atom. The highest BCUT2D eigenvalue weighted by atomic mass is 16.6. The van der Waals surface area contributed by atoms with Gasteiger partial charge in [-0.3, -0.25) is 38.5 Å². The van der Waals surface area contributed by atoms with Crippen molar-refractivity contribution < 1.29 is 9.85 Å². The van der Waals surface area contributed by atoms with Gasteiger partial charge < -0.3 is 0 Å². The number of hydrogen-bond acceptors (Lipinski definition) is 6. The molecule has 0 spiro atoms. The lowest BCUT2D eigenvalue weighted by atomic mass is 10.2. The molecule has 0 saturated heterocycles. The molecule has 46 heavy (non-hydrogen) atoms. The summed E-state index contributed by atoms with van der Waals surface area (Å²) in [5.74, 6) is 0. The third-order valence-corrected chi connectivity index (χ3v) is 7.47. The fraction of sp³-hybridized carbons (Fsp3) is 0.0588. The van der Waals surface area contributed by atoms with Gasteiger partial charge >= 0.3 is 11.4 Å². The third kappa shape index (κ3) is 4.65. The molecule has 0 saturated carbocycles. The molecule has 0 unspecified atom stereocenters. The van der Waals surface area contributed by atoms with E-state index in [0.29, 0.717) is 33.4 Å². The van der Waals surface area contributed by atoms with Crippen molar-refractivity contribution in [1.29, 1.82) is 0 Å². The molecule has 0 amide bonds. The number of aromatic nitrogens is 4. The van der Waals surface area contributed by atoms with E-state index >= 15 is 0 Å².